The van der Waals surface area contributed by atoms with E-state index in [0.29, 0.717) is 10.8 Å². The standard InChI is InChI=1S/C12H9F2O3P/c13-18(14,17)7-8-1-2-10-6-11(12(15)16)4-3-9(10)5-8/h1-6H,7H2,(H,15,16). The van der Waals surface area contributed by atoms with Crippen molar-refractivity contribution in [2.24, 2.45) is 0 Å². The number of fused-ring (bicyclic) bond motifs is 1. The Kier molecular flexibility index (Phi) is 3.18. The average molecular weight is 270 g/mol. The van der Waals surface area contributed by atoms with E-state index >= 15 is 0 Å². The normalized spacial score (nSPS) is 11.7. The van der Waals surface area contributed by atoms with Gasteiger partial charge in [-0.25, -0.2) is 9.36 Å². The molecule has 2 rings (SSSR count). The maximum atomic E-state index is 12.5. The first-order chi connectivity index (χ1) is 8.35. The fourth-order valence-corrected chi connectivity index (χ4v) is 2.36. The second-order valence-corrected chi connectivity index (χ2v) is 5.39. The smallest absolute Gasteiger partial charge is 0.407 e. The van der Waals surface area contributed by atoms with Crippen molar-refractivity contribution < 1.29 is 22.9 Å². The predicted octanol–water partition coefficient (Wildman–Crippen LogP) is 4.17. The van der Waals surface area contributed by atoms with E-state index in [9.17, 15) is 17.8 Å². The van der Waals surface area contributed by atoms with Crippen LogP contribution in [0.4, 0.5) is 8.39 Å². The van der Waals surface area contributed by atoms with Crippen LogP contribution in [0.25, 0.3) is 10.8 Å². The van der Waals surface area contributed by atoms with Gasteiger partial charge in [0.2, 0.25) is 0 Å². The fraction of sp³-hybridized carbons (Fsp3) is 0.0833. The van der Waals surface area contributed by atoms with Crippen molar-refractivity contribution in [2.45, 2.75) is 6.16 Å². The van der Waals surface area contributed by atoms with Crippen LogP contribution in [0.1, 0.15) is 15.9 Å². The zero-order valence-electron chi connectivity index (χ0n) is 9.14. The highest BCUT2D eigenvalue weighted by molar-refractivity contribution is 7.52. The fourth-order valence-electron chi connectivity index (χ4n) is 1.74. The highest BCUT2D eigenvalue weighted by Gasteiger charge is 2.19. The molecule has 0 amide bonds. The zero-order valence-corrected chi connectivity index (χ0v) is 10.0. The molecule has 0 fully saturated rings. The largest absolute Gasteiger partial charge is 0.478 e. The average Bonchev–Trinajstić information content (AvgIpc) is 2.26. The minimum absolute atomic E-state index is 0.136. The number of benzene rings is 2. The van der Waals surface area contributed by atoms with Gasteiger partial charge in [0, 0.05) is 0 Å². The molecule has 18 heavy (non-hydrogen) atoms. The summed E-state index contributed by atoms with van der Waals surface area (Å²) in [5, 5.41) is 10.1. The van der Waals surface area contributed by atoms with Gasteiger partial charge in [-0.05, 0) is 28.5 Å². The molecule has 3 nitrogen and oxygen atoms in total. The van der Waals surface area contributed by atoms with Gasteiger partial charge >= 0.3 is 13.7 Å². The van der Waals surface area contributed by atoms with E-state index < -0.39 is 19.9 Å². The summed E-state index contributed by atoms with van der Waals surface area (Å²) in [7, 11) is -5.08. The predicted molar refractivity (Wildman–Crippen MR) is 64.4 cm³/mol. The molecular weight excluding hydrogens is 261 g/mol. The maximum Gasteiger partial charge on any atom is 0.407 e. The highest BCUT2D eigenvalue weighted by Crippen LogP contribution is 2.52. The molecule has 0 atom stereocenters. The van der Waals surface area contributed by atoms with Crippen molar-refractivity contribution in [1.82, 2.24) is 0 Å². The summed E-state index contributed by atoms with van der Waals surface area (Å²) in [6.45, 7) is 0. The molecule has 0 bridgehead atoms. The van der Waals surface area contributed by atoms with Crippen LogP contribution in [0.2, 0.25) is 0 Å². The van der Waals surface area contributed by atoms with E-state index in [1.54, 1.807) is 12.1 Å². The minimum Gasteiger partial charge on any atom is -0.478 e. The Labute approximate surface area is 102 Å². The van der Waals surface area contributed by atoms with E-state index in [2.05, 4.69) is 0 Å². The van der Waals surface area contributed by atoms with Crippen molar-refractivity contribution in [1.29, 1.82) is 0 Å². The Morgan fingerprint density at radius 2 is 1.72 bits per heavy atom. The van der Waals surface area contributed by atoms with Crippen molar-refractivity contribution >= 4 is 24.5 Å². The molecule has 0 aromatic heterocycles. The molecule has 0 saturated carbocycles. The van der Waals surface area contributed by atoms with E-state index in [4.69, 9.17) is 5.11 Å². The van der Waals surface area contributed by atoms with Crippen LogP contribution in [0.3, 0.4) is 0 Å². The summed E-state index contributed by atoms with van der Waals surface area (Å²) in [5.74, 6) is -1.04. The second-order valence-electron chi connectivity index (χ2n) is 3.93. The molecule has 2 aromatic rings. The van der Waals surface area contributed by atoms with Gasteiger partial charge < -0.3 is 5.11 Å². The lowest BCUT2D eigenvalue weighted by molar-refractivity contribution is 0.0697. The molecule has 0 aliphatic rings. The van der Waals surface area contributed by atoms with Crippen LogP contribution in [0.15, 0.2) is 36.4 Å². The first-order valence-corrected chi connectivity index (χ1v) is 6.77. The Balaban J connectivity index is 2.44. The van der Waals surface area contributed by atoms with E-state index in [0.717, 1.165) is 0 Å². The van der Waals surface area contributed by atoms with Crippen LogP contribution in [-0.2, 0) is 10.7 Å². The lowest BCUT2D eigenvalue weighted by Gasteiger charge is -2.04. The summed E-state index contributed by atoms with van der Waals surface area (Å²) in [4.78, 5) is 10.8. The molecular formula is C12H9F2O3P. The quantitative estimate of drug-likeness (QED) is 0.851. The second kappa shape index (κ2) is 4.50. The number of hydrogen-bond acceptors (Lipinski definition) is 2. The first-order valence-electron chi connectivity index (χ1n) is 5.09. The van der Waals surface area contributed by atoms with Gasteiger partial charge in [0.15, 0.2) is 0 Å². The van der Waals surface area contributed by atoms with Crippen LogP contribution < -0.4 is 0 Å². The van der Waals surface area contributed by atoms with Crippen molar-refractivity contribution in [2.75, 3.05) is 0 Å². The molecule has 0 aliphatic heterocycles. The van der Waals surface area contributed by atoms with Crippen LogP contribution in [-0.4, -0.2) is 11.1 Å². The third-order valence-corrected chi connectivity index (χ3v) is 3.25. The Morgan fingerprint density at radius 1 is 1.11 bits per heavy atom. The molecule has 2 aromatic carbocycles. The number of rotatable bonds is 3. The van der Waals surface area contributed by atoms with E-state index in [-0.39, 0.29) is 11.1 Å². The zero-order chi connectivity index (χ0) is 13.3. The van der Waals surface area contributed by atoms with Crippen LogP contribution in [0.5, 0.6) is 0 Å². The monoisotopic (exact) mass is 270 g/mol. The van der Waals surface area contributed by atoms with Crippen molar-refractivity contribution in [3.63, 3.8) is 0 Å². The van der Waals surface area contributed by atoms with Crippen LogP contribution in [0, 0.1) is 0 Å². The number of aromatic carboxylic acids is 1. The number of hydrogen-bond donors (Lipinski definition) is 1. The first kappa shape index (κ1) is 12.7. The Morgan fingerprint density at radius 3 is 2.33 bits per heavy atom. The van der Waals surface area contributed by atoms with Crippen molar-refractivity contribution in [3.8, 4) is 0 Å². The molecule has 0 aliphatic carbocycles. The third kappa shape index (κ3) is 2.93. The van der Waals surface area contributed by atoms with E-state index in [1.165, 1.54) is 24.3 Å². The van der Waals surface area contributed by atoms with Gasteiger partial charge in [0.05, 0.1) is 11.7 Å². The molecule has 0 heterocycles. The molecule has 1 N–H and O–H groups in total. The molecule has 0 radical (unpaired) electrons. The van der Waals surface area contributed by atoms with E-state index in [1.807, 2.05) is 0 Å². The van der Waals surface area contributed by atoms with Gasteiger partial charge in [-0.2, -0.15) is 8.39 Å². The summed E-state index contributed by atoms with van der Waals surface area (Å²) < 4.78 is 35.4. The van der Waals surface area contributed by atoms with Gasteiger partial charge in [-0.1, -0.05) is 24.3 Å². The topological polar surface area (TPSA) is 54.4 Å². The molecule has 6 heteroatoms. The van der Waals surface area contributed by atoms with Gasteiger partial charge in [0.1, 0.15) is 0 Å². The lowest BCUT2D eigenvalue weighted by Crippen LogP contribution is -1.95. The minimum atomic E-state index is -5.08. The molecule has 0 spiro atoms. The Hall–Kier alpha value is -1.74. The summed E-state index contributed by atoms with van der Waals surface area (Å²) in [5.41, 5.74) is 0.413. The van der Waals surface area contributed by atoms with Gasteiger partial charge in [0.25, 0.3) is 0 Å². The number of carboxylic acid groups (broad SMARTS) is 1. The summed E-state index contributed by atoms with van der Waals surface area (Å²) in [6, 6.07) is 8.88. The highest BCUT2D eigenvalue weighted by atomic mass is 31.2. The lowest BCUT2D eigenvalue weighted by atomic mass is 10.0. The summed E-state index contributed by atoms with van der Waals surface area (Å²) >= 11 is 0. The molecule has 0 unspecified atom stereocenters. The van der Waals surface area contributed by atoms with Gasteiger partial charge in [-0.15, -0.1) is 0 Å². The third-order valence-electron chi connectivity index (χ3n) is 2.52. The maximum absolute atomic E-state index is 12.5. The number of halogens is 2. The Bertz CT molecular complexity index is 663. The van der Waals surface area contributed by atoms with Gasteiger partial charge in [-0.3, -0.25) is 0 Å². The molecule has 94 valence electrons. The number of carbonyl (C=O) groups is 1. The van der Waals surface area contributed by atoms with Crippen LogP contribution >= 0.6 is 7.76 Å². The van der Waals surface area contributed by atoms with Crippen molar-refractivity contribution in [3.05, 3.63) is 47.5 Å². The number of carboxylic acids is 1. The molecule has 0 saturated heterocycles. The SMILES string of the molecule is O=C(O)c1ccc2cc(CP(=O)(F)F)ccc2c1. The summed E-state index contributed by atoms with van der Waals surface area (Å²) in [6.07, 6.45) is -0.760.